The van der Waals surface area contributed by atoms with Crippen LogP contribution < -0.4 is 0 Å². The van der Waals surface area contributed by atoms with E-state index in [4.69, 9.17) is 0 Å². The number of aryl methyl sites for hydroxylation is 2. The zero-order chi connectivity index (χ0) is 9.26. The molecule has 2 aromatic rings. The van der Waals surface area contributed by atoms with Gasteiger partial charge in [-0.3, -0.25) is 10.1 Å². The van der Waals surface area contributed by atoms with E-state index >= 15 is 0 Å². The van der Waals surface area contributed by atoms with Gasteiger partial charge in [-0.25, -0.2) is 0 Å². The SMILES string of the molecule is Cc1cccc(-c2cn[nH]c2C)n1. The zero-order valence-corrected chi connectivity index (χ0v) is 7.70. The summed E-state index contributed by atoms with van der Waals surface area (Å²) in [6.07, 6.45) is 1.80. The lowest BCUT2D eigenvalue weighted by molar-refractivity contribution is 1.05. The molecule has 2 rings (SSSR count). The number of rotatable bonds is 1. The summed E-state index contributed by atoms with van der Waals surface area (Å²) >= 11 is 0. The first-order chi connectivity index (χ1) is 6.27. The number of nitrogens with one attached hydrogen (secondary N) is 1. The molecule has 0 spiro atoms. The second-order valence-corrected chi connectivity index (χ2v) is 3.07. The summed E-state index contributed by atoms with van der Waals surface area (Å²) in [6.45, 7) is 3.98. The average molecular weight is 173 g/mol. The van der Waals surface area contributed by atoms with E-state index in [0.717, 1.165) is 22.6 Å². The molecule has 0 amide bonds. The van der Waals surface area contributed by atoms with Crippen molar-refractivity contribution < 1.29 is 0 Å². The van der Waals surface area contributed by atoms with Gasteiger partial charge in [0, 0.05) is 17.0 Å². The first-order valence-electron chi connectivity index (χ1n) is 4.21. The molecular formula is C10H11N3. The van der Waals surface area contributed by atoms with Gasteiger partial charge in [-0.1, -0.05) is 6.07 Å². The van der Waals surface area contributed by atoms with Crippen LogP contribution in [-0.4, -0.2) is 15.2 Å². The van der Waals surface area contributed by atoms with E-state index in [0.29, 0.717) is 0 Å². The van der Waals surface area contributed by atoms with Crippen LogP contribution in [0.3, 0.4) is 0 Å². The summed E-state index contributed by atoms with van der Waals surface area (Å²) in [5.41, 5.74) is 4.13. The molecule has 1 N–H and O–H groups in total. The minimum absolute atomic E-state index is 0.978. The van der Waals surface area contributed by atoms with Crippen LogP contribution in [0.2, 0.25) is 0 Å². The molecule has 0 aliphatic rings. The second-order valence-electron chi connectivity index (χ2n) is 3.07. The first-order valence-corrected chi connectivity index (χ1v) is 4.21. The minimum atomic E-state index is 0.978. The van der Waals surface area contributed by atoms with Gasteiger partial charge in [0.2, 0.25) is 0 Å². The Bertz CT molecular complexity index is 418. The van der Waals surface area contributed by atoms with Crippen LogP contribution in [-0.2, 0) is 0 Å². The molecule has 0 atom stereocenters. The van der Waals surface area contributed by atoms with Crippen molar-refractivity contribution in [1.29, 1.82) is 0 Å². The maximum absolute atomic E-state index is 4.42. The van der Waals surface area contributed by atoms with Crippen molar-refractivity contribution in [2.45, 2.75) is 13.8 Å². The molecule has 0 bridgehead atoms. The molecule has 0 saturated carbocycles. The predicted molar refractivity (Wildman–Crippen MR) is 51.3 cm³/mol. The number of pyridine rings is 1. The lowest BCUT2D eigenvalue weighted by Gasteiger charge is -1.98. The number of hydrogen-bond donors (Lipinski definition) is 1. The molecule has 0 fully saturated rings. The molecule has 2 heterocycles. The summed E-state index contributed by atoms with van der Waals surface area (Å²) in [4.78, 5) is 4.42. The van der Waals surface area contributed by atoms with E-state index in [1.165, 1.54) is 0 Å². The molecular weight excluding hydrogens is 162 g/mol. The summed E-state index contributed by atoms with van der Waals surface area (Å²) in [5, 5.41) is 6.86. The van der Waals surface area contributed by atoms with Crippen molar-refractivity contribution in [3.8, 4) is 11.3 Å². The van der Waals surface area contributed by atoms with Crippen LogP contribution in [0.1, 0.15) is 11.4 Å². The Balaban J connectivity index is 2.53. The first kappa shape index (κ1) is 7.98. The molecule has 0 aliphatic heterocycles. The van der Waals surface area contributed by atoms with Gasteiger partial charge in [-0.05, 0) is 26.0 Å². The van der Waals surface area contributed by atoms with Gasteiger partial charge in [0.25, 0.3) is 0 Å². The van der Waals surface area contributed by atoms with E-state index in [-0.39, 0.29) is 0 Å². The fourth-order valence-corrected chi connectivity index (χ4v) is 1.30. The van der Waals surface area contributed by atoms with Gasteiger partial charge in [0.15, 0.2) is 0 Å². The highest BCUT2D eigenvalue weighted by molar-refractivity contribution is 5.60. The number of nitrogens with zero attached hydrogens (tertiary/aromatic N) is 2. The Kier molecular flexibility index (Phi) is 1.85. The highest BCUT2D eigenvalue weighted by atomic mass is 15.1. The molecule has 3 nitrogen and oxygen atoms in total. The minimum Gasteiger partial charge on any atom is -0.282 e. The van der Waals surface area contributed by atoms with Crippen molar-refractivity contribution in [3.05, 3.63) is 35.8 Å². The van der Waals surface area contributed by atoms with E-state index in [2.05, 4.69) is 15.2 Å². The van der Waals surface area contributed by atoms with Crippen molar-refractivity contribution in [1.82, 2.24) is 15.2 Å². The van der Waals surface area contributed by atoms with E-state index in [9.17, 15) is 0 Å². The summed E-state index contributed by atoms with van der Waals surface area (Å²) in [6, 6.07) is 5.98. The van der Waals surface area contributed by atoms with Gasteiger partial charge < -0.3 is 0 Å². The number of aromatic amines is 1. The van der Waals surface area contributed by atoms with Crippen LogP contribution in [0.4, 0.5) is 0 Å². The Morgan fingerprint density at radius 1 is 1.23 bits per heavy atom. The van der Waals surface area contributed by atoms with E-state index < -0.39 is 0 Å². The van der Waals surface area contributed by atoms with Crippen LogP contribution in [0.15, 0.2) is 24.4 Å². The molecule has 13 heavy (non-hydrogen) atoms. The molecule has 66 valence electrons. The second kappa shape index (κ2) is 3.01. The Hall–Kier alpha value is -1.64. The molecule has 0 saturated heterocycles. The number of aromatic nitrogens is 3. The third-order valence-corrected chi connectivity index (χ3v) is 1.99. The Labute approximate surface area is 76.8 Å². The molecule has 3 heteroatoms. The van der Waals surface area contributed by atoms with E-state index in [1.807, 2.05) is 32.0 Å². The van der Waals surface area contributed by atoms with Crippen LogP contribution in [0.5, 0.6) is 0 Å². The topological polar surface area (TPSA) is 41.6 Å². The van der Waals surface area contributed by atoms with Gasteiger partial charge >= 0.3 is 0 Å². The smallest absolute Gasteiger partial charge is 0.0739 e. The lowest BCUT2D eigenvalue weighted by Crippen LogP contribution is -1.86. The summed E-state index contributed by atoms with van der Waals surface area (Å²) < 4.78 is 0. The maximum Gasteiger partial charge on any atom is 0.0739 e. The summed E-state index contributed by atoms with van der Waals surface area (Å²) in [5.74, 6) is 0. The molecule has 0 unspecified atom stereocenters. The molecule has 0 radical (unpaired) electrons. The average Bonchev–Trinajstić information content (AvgIpc) is 2.51. The Morgan fingerprint density at radius 3 is 2.69 bits per heavy atom. The van der Waals surface area contributed by atoms with Crippen molar-refractivity contribution in [2.75, 3.05) is 0 Å². The maximum atomic E-state index is 4.42. The van der Waals surface area contributed by atoms with Gasteiger partial charge in [0.1, 0.15) is 0 Å². The number of hydrogen-bond acceptors (Lipinski definition) is 2. The largest absolute Gasteiger partial charge is 0.282 e. The van der Waals surface area contributed by atoms with Crippen LogP contribution in [0, 0.1) is 13.8 Å². The zero-order valence-electron chi connectivity index (χ0n) is 7.70. The van der Waals surface area contributed by atoms with Crippen molar-refractivity contribution >= 4 is 0 Å². The van der Waals surface area contributed by atoms with Gasteiger partial charge in [-0.2, -0.15) is 5.10 Å². The standard InChI is InChI=1S/C10H11N3/c1-7-4-3-5-10(12-7)9-6-11-13-8(9)2/h3-6H,1-2H3,(H,11,13). The third kappa shape index (κ3) is 1.45. The molecule has 0 aromatic carbocycles. The van der Waals surface area contributed by atoms with Gasteiger partial charge in [-0.15, -0.1) is 0 Å². The lowest BCUT2D eigenvalue weighted by atomic mass is 10.2. The van der Waals surface area contributed by atoms with Crippen molar-refractivity contribution in [2.24, 2.45) is 0 Å². The highest BCUT2D eigenvalue weighted by Gasteiger charge is 2.03. The van der Waals surface area contributed by atoms with Gasteiger partial charge in [0.05, 0.1) is 11.9 Å². The fraction of sp³-hybridized carbons (Fsp3) is 0.200. The molecule has 2 aromatic heterocycles. The fourth-order valence-electron chi connectivity index (χ4n) is 1.30. The molecule has 0 aliphatic carbocycles. The normalized spacial score (nSPS) is 10.3. The summed E-state index contributed by atoms with van der Waals surface area (Å²) in [7, 11) is 0. The Morgan fingerprint density at radius 2 is 2.08 bits per heavy atom. The van der Waals surface area contributed by atoms with Crippen molar-refractivity contribution in [3.63, 3.8) is 0 Å². The number of H-pyrrole nitrogens is 1. The predicted octanol–water partition coefficient (Wildman–Crippen LogP) is 2.09. The third-order valence-electron chi connectivity index (χ3n) is 1.99. The highest BCUT2D eigenvalue weighted by Crippen LogP contribution is 2.18. The van der Waals surface area contributed by atoms with Crippen LogP contribution >= 0.6 is 0 Å². The monoisotopic (exact) mass is 173 g/mol. The quantitative estimate of drug-likeness (QED) is 0.717. The van der Waals surface area contributed by atoms with E-state index in [1.54, 1.807) is 6.20 Å². The van der Waals surface area contributed by atoms with Crippen LogP contribution in [0.25, 0.3) is 11.3 Å².